The maximum absolute atomic E-state index is 13.2. The fourth-order valence-corrected chi connectivity index (χ4v) is 1.87. The van der Waals surface area contributed by atoms with Gasteiger partial charge in [0.05, 0.1) is 12.6 Å². The minimum Gasteiger partial charge on any atom is -0.394 e. The second-order valence-electron chi connectivity index (χ2n) is 4.87. The molecule has 0 aromatic heterocycles. The summed E-state index contributed by atoms with van der Waals surface area (Å²) in [7, 11) is 0. The quantitative estimate of drug-likeness (QED) is 0.782. The zero-order valence-corrected chi connectivity index (χ0v) is 11.4. The molecule has 1 aromatic rings. The van der Waals surface area contributed by atoms with Crippen molar-refractivity contribution in [3.8, 4) is 0 Å². The zero-order chi connectivity index (χ0) is 14.6. The Bertz CT molecular complexity index is 402. The lowest BCUT2D eigenvalue weighted by atomic mass is 9.98. The summed E-state index contributed by atoms with van der Waals surface area (Å²) < 4.78 is 39.2. The van der Waals surface area contributed by atoms with Crippen molar-refractivity contribution in [2.24, 2.45) is 5.92 Å². The minimum atomic E-state index is -1.49. The van der Waals surface area contributed by atoms with E-state index < -0.39 is 23.5 Å². The lowest BCUT2D eigenvalue weighted by molar-refractivity contribution is 0.221. The van der Waals surface area contributed by atoms with E-state index >= 15 is 0 Å². The number of nitrogens with one attached hydrogen (secondary N) is 1. The van der Waals surface area contributed by atoms with Gasteiger partial charge in [0.15, 0.2) is 17.5 Å². The van der Waals surface area contributed by atoms with E-state index in [1.54, 1.807) is 0 Å². The van der Waals surface area contributed by atoms with E-state index in [9.17, 15) is 18.3 Å². The first-order valence-corrected chi connectivity index (χ1v) is 6.42. The summed E-state index contributed by atoms with van der Waals surface area (Å²) in [6.45, 7) is 5.70. The van der Waals surface area contributed by atoms with Crippen LogP contribution in [0.1, 0.15) is 38.8 Å². The number of halogens is 3. The Balaban J connectivity index is 2.91. The molecule has 19 heavy (non-hydrogen) atoms. The smallest absolute Gasteiger partial charge is 0.194 e. The Labute approximate surface area is 111 Å². The number of benzene rings is 1. The second kappa shape index (κ2) is 6.91. The largest absolute Gasteiger partial charge is 0.394 e. The number of rotatable bonds is 6. The summed E-state index contributed by atoms with van der Waals surface area (Å²) in [5.41, 5.74) is 0.203. The van der Waals surface area contributed by atoms with Crippen molar-refractivity contribution in [3.05, 3.63) is 35.1 Å². The number of aliphatic hydroxyl groups excluding tert-OH is 1. The molecule has 2 nitrogen and oxygen atoms in total. The molecule has 2 N–H and O–H groups in total. The number of hydrogen-bond acceptors (Lipinski definition) is 2. The lowest BCUT2D eigenvalue weighted by Gasteiger charge is -2.26. The molecule has 0 radical (unpaired) electrons. The van der Waals surface area contributed by atoms with E-state index in [0.717, 1.165) is 18.6 Å². The molecule has 0 aliphatic carbocycles. The highest BCUT2D eigenvalue weighted by atomic mass is 19.2. The van der Waals surface area contributed by atoms with Crippen LogP contribution in [0.3, 0.4) is 0 Å². The minimum absolute atomic E-state index is 0.0679. The molecule has 3 atom stereocenters. The van der Waals surface area contributed by atoms with E-state index in [-0.39, 0.29) is 18.2 Å². The monoisotopic (exact) mass is 275 g/mol. The summed E-state index contributed by atoms with van der Waals surface area (Å²) >= 11 is 0. The molecular weight excluding hydrogens is 255 g/mol. The van der Waals surface area contributed by atoms with Crippen LogP contribution < -0.4 is 5.32 Å². The number of aliphatic hydroxyl groups is 1. The van der Waals surface area contributed by atoms with Crippen molar-refractivity contribution in [3.63, 3.8) is 0 Å². The van der Waals surface area contributed by atoms with Crippen molar-refractivity contribution in [1.29, 1.82) is 0 Å². The van der Waals surface area contributed by atoms with Crippen LogP contribution in [0.2, 0.25) is 0 Å². The average molecular weight is 275 g/mol. The van der Waals surface area contributed by atoms with Crippen LogP contribution in [0, 0.1) is 23.4 Å². The highest BCUT2D eigenvalue weighted by Gasteiger charge is 2.20. The fourth-order valence-electron chi connectivity index (χ4n) is 1.87. The normalized spacial score (nSPS) is 16.2. The van der Waals surface area contributed by atoms with E-state index in [4.69, 9.17) is 0 Å². The van der Waals surface area contributed by atoms with Crippen molar-refractivity contribution in [2.75, 3.05) is 6.61 Å². The first-order valence-electron chi connectivity index (χ1n) is 6.42. The van der Waals surface area contributed by atoms with Gasteiger partial charge in [0.1, 0.15) is 0 Å². The van der Waals surface area contributed by atoms with Crippen LogP contribution in [0.4, 0.5) is 13.2 Å². The van der Waals surface area contributed by atoms with Gasteiger partial charge in [0, 0.05) is 6.04 Å². The van der Waals surface area contributed by atoms with Crippen molar-refractivity contribution in [1.82, 2.24) is 5.32 Å². The van der Waals surface area contributed by atoms with Crippen LogP contribution >= 0.6 is 0 Å². The van der Waals surface area contributed by atoms with Gasteiger partial charge in [0.25, 0.3) is 0 Å². The first-order chi connectivity index (χ1) is 8.90. The third-order valence-corrected chi connectivity index (χ3v) is 3.55. The third-order valence-electron chi connectivity index (χ3n) is 3.55. The Morgan fingerprint density at radius 2 is 1.68 bits per heavy atom. The summed E-state index contributed by atoms with van der Waals surface area (Å²) in [6, 6.07) is 1.28. The SMILES string of the molecule is CCC(C)C(C)NC(CO)c1cc(F)c(F)c(F)c1. The van der Waals surface area contributed by atoms with Crippen LogP contribution in [0.25, 0.3) is 0 Å². The average Bonchev–Trinajstić information content (AvgIpc) is 2.40. The molecule has 0 saturated carbocycles. The maximum atomic E-state index is 13.2. The molecule has 0 fully saturated rings. The summed E-state index contributed by atoms with van der Waals surface area (Å²) in [5.74, 6) is -3.63. The predicted molar refractivity (Wildman–Crippen MR) is 68.2 cm³/mol. The second-order valence-corrected chi connectivity index (χ2v) is 4.87. The highest BCUT2D eigenvalue weighted by molar-refractivity contribution is 5.23. The van der Waals surface area contributed by atoms with Gasteiger partial charge in [-0.2, -0.15) is 0 Å². The summed E-state index contributed by atoms with van der Waals surface area (Å²) in [4.78, 5) is 0. The van der Waals surface area contributed by atoms with Gasteiger partial charge in [-0.15, -0.1) is 0 Å². The molecule has 0 aliphatic heterocycles. The topological polar surface area (TPSA) is 32.3 Å². The Kier molecular flexibility index (Phi) is 5.82. The zero-order valence-electron chi connectivity index (χ0n) is 11.4. The third kappa shape index (κ3) is 3.94. The van der Waals surface area contributed by atoms with Gasteiger partial charge < -0.3 is 10.4 Å². The molecule has 1 rings (SSSR count). The molecule has 5 heteroatoms. The highest BCUT2D eigenvalue weighted by Crippen LogP contribution is 2.21. The van der Waals surface area contributed by atoms with Gasteiger partial charge >= 0.3 is 0 Å². The van der Waals surface area contributed by atoms with Crippen LogP contribution in [-0.2, 0) is 0 Å². The number of hydrogen-bond donors (Lipinski definition) is 2. The Morgan fingerprint density at radius 1 is 1.16 bits per heavy atom. The first kappa shape index (κ1) is 16.0. The molecular formula is C14H20F3NO. The molecule has 0 heterocycles. The van der Waals surface area contributed by atoms with Gasteiger partial charge in [-0.25, -0.2) is 13.2 Å². The van der Waals surface area contributed by atoms with Crippen molar-refractivity contribution < 1.29 is 18.3 Å². The molecule has 0 amide bonds. The van der Waals surface area contributed by atoms with Crippen LogP contribution in [-0.4, -0.2) is 17.8 Å². The van der Waals surface area contributed by atoms with Gasteiger partial charge in [-0.1, -0.05) is 20.3 Å². The van der Waals surface area contributed by atoms with Gasteiger partial charge in [0.2, 0.25) is 0 Å². The maximum Gasteiger partial charge on any atom is 0.194 e. The molecule has 3 unspecified atom stereocenters. The standard InChI is InChI=1S/C14H20F3NO/c1-4-8(2)9(3)18-13(7-19)10-5-11(15)14(17)12(16)6-10/h5-6,8-9,13,18-19H,4,7H2,1-3H3. The Morgan fingerprint density at radius 3 is 2.11 bits per heavy atom. The summed E-state index contributed by atoms with van der Waals surface area (Å²) in [5, 5.41) is 12.4. The van der Waals surface area contributed by atoms with Crippen molar-refractivity contribution >= 4 is 0 Å². The van der Waals surface area contributed by atoms with Gasteiger partial charge in [-0.3, -0.25) is 0 Å². The van der Waals surface area contributed by atoms with Crippen LogP contribution in [0.5, 0.6) is 0 Å². The van der Waals surface area contributed by atoms with Crippen molar-refractivity contribution in [2.45, 2.75) is 39.3 Å². The van der Waals surface area contributed by atoms with E-state index in [1.807, 2.05) is 20.8 Å². The molecule has 0 spiro atoms. The van der Waals surface area contributed by atoms with Gasteiger partial charge in [-0.05, 0) is 30.5 Å². The predicted octanol–water partition coefficient (Wildman–Crippen LogP) is 3.16. The van der Waals surface area contributed by atoms with E-state index in [0.29, 0.717) is 5.92 Å². The van der Waals surface area contributed by atoms with E-state index in [2.05, 4.69) is 5.32 Å². The molecule has 108 valence electrons. The van der Waals surface area contributed by atoms with E-state index in [1.165, 1.54) is 0 Å². The fraction of sp³-hybridized carbons (Fsp3) is 0.571. The van der Waals surface area contributed by atoms with Crippen LogP contribution in [0.15, 0.2) is 12.1 Å². The molecule has 0 bridgehead atoms. The Hall–Kier alpha value is -1.07. The molecule has 0 aliphatic rings. The summed E-state index contributed by atoms with van der Waals surface area (Å²) in [6.07, 6.45) is 0.943. The molecule has 1 aromatic carbocycles. The molecule has 0 saturated heterocycles. The lowest BCUT2D eigenvalue weighted by Crippen LogP contribution is -2.36.